The fraction of sp³-hybridized carbons (Fsp3) is 0.350. The Morgan fingerprint density at radius 2 is 1.61 bits per heavy atom. The van der Waals surface area contributed by atoms with Crippen molar-refractivity contribution in [3.63, 3.8) is 0 Å². The normalized spacial score (nSPS) is 19.3. The van der Waals surface area contributed by atoms with Crippen LogP contribution in [0.3, 0.4) is 0 Å². The number of fused-ring (bicyclic) bond motifs is 1. The molecule has 2 heterocycles. The van der Waals surface area contributed by atoms with Crippen molar-refractivity contribution in [2.45, 2.75) is 63.6 Å². The van der Waals surface area contributed by atoms with Crippen molar-refractivity contribution >= 4 is 30.1 Å². The Kier molecular flexibility index (Phi) is 10.5. The summed E-state index contributed by atoms with van der Waals surface area (Å²) in [5.41, 5.74) is 3.96. The van der Waals surface area contributed by atoms with Crippen LogP contribution in [0.5, 0.6) is 5.75 Å². The third-order valence-corrected chi connectivity index (χ3v) is 14.8. The van der Waals surface area contributed by atoms with E-state index in [1.807, 2.05) is 78.9 Å². The van der Waals surface area contributed by atoms with Gasteiger partial charge in [0.2, 0.25) is 5.91 Å². The van der Waals surface area contributed by atoms with Crippen LogP contribution in [0.1, 0.15) is 30.9 Å². The zero-order valence-corrected chi connectivity index (χ0v) is 29.8. The zero-order chi connectivity index (χ0) is 34.5. The number of aromatic nitrogens is 2. The van der Waals surface area contributed by atoms with Crippen molar-refractivity contribution in [2.75, 3.05) is 20.3 Å². The monoisotopic (exact) mass is 677 g/mol. The average molecular weight is 678 g/mol. The fourth-order valence-electron chi connectivity index (χ4n) is 7.72. The highest BCUT2D eigenvalue weighted by atomic mass is 28.3. The molecule has 8 nitrogen and oxygen atoms in total. The van der Waals surface area contributed by atoms with Gasteiger partial charge in [-0.25, -0.2) is 4.68 Å². The molecule has 2 N–H and O–H groups in total. The smallest absolute Gasteiger partial charge is 0.279 e. The van der Waals surface area contributed by atoms with E-state index in [9.17, 15) is 14.7 Å². The van der Waals surface area contributed by atoms with Gasteiger partial charge < -0.3 is 19.5 Å². The number of aliphatic hydroxyl groups excluding tert-OH is 1. The van der Waals surface area contributed by atoms with Gasteiger partial charge in [0.1, 0.15) is 5.75 Å². The summed E-state index contributed by atoms with van der Waals surface area (Å²) in [7, 11) is -0.473. The van der Waals surface area contributed by atoms with Crippen molar-refractivity contribution in [1.82, 2.24) is 14.7 Å². The molecule has 0 aliphatic carbocycles. The van der Waals surface area contributed by atoms with Gasteiger partial charge in [0.25, 0.3) is 5.56 Å². The maximum absolute atomic E-state index is 13.9. The van der Waals surface area contributed by atoms with Crippen LogP contribution in [-0.2, 0) is 22.5 Å². The predicted molar refractivity (Wildman–Crippen MR) is 197 cm³/mol. The van der Waals surface area contributed by atoms with E-state index in [2.05, 4.69) is 49.4 Å². The second-order valence-corrected chi connectivity index (χ2v) is 18.5. The number of hydrogen-bond acceptors (Lipinski definition) is 5. The van der Waals surface area contributed by atoms with Gasteiger partial charge in [0, 0.05) is 13.1 Å². The highest BCUT2D eigenvalue weighted by Crippen LogP contribution is 2.46. The fourth-order valence-corrected chi connectivity index (χ4v) is 11.8. The quantitative estimate of drug-likeness (QED) is 0.148. The van der Waals surface area contributed by atoms with Crippen molar-refractivity contribution in [3.8, 4) is 11.4 Å². The largest absolute Gasteiger partial charge is 0.497 e. The maximum atomic E-state index is 13.9. The van der Waals surface area contributed by atoms with E-state index in [0.717, 1.165) is 35.4 Å². The molecule has 256 valence electrons. The summed E-state index contributed by atoms with van der Waals surface area (Å²) < 4.78 is 13.9. The molecule has 1 aliphatic rings. The number of aliphatic hydroxyl groups is 1. The SMILES string of the molecule is COc1ccc([Si](C)(C)[C@@H]2[C@@H](C)[C@@H](CCc3ccc(-n4[nH]c5ccccc5c4=O)cc3)O[C@H]2CC(=O)N(CCO)Cc2ccccc2)cc1. The summed E-state index contributed by atoms with van der Waals surface area (Å²) in [6, 6.07) is 34.0. The number of para-hydroxylation sites is 1. The van der Waals surface area contributed by atoms with Gasteiger partial charge in [0.05, 0.1) is 57.0 Å². The van der Waals surface area contributed by atoms with E-state index >= 15 is 0 Å². The van der Waals surface area contributed by atoms with Crippen LogP contribution < -0.4 is 15.5 Å². The number of rotatable bonds is 13. The molecule has 4 aromatic carbocycles. The third kappa shape index (κ3) is 7.44. The molecule has 0 bridgehead atoms. The maximum Gasteiger partial charge on any atom is 0.279 e. The minimum absolute atomic E-state index is 0.00286. The molecule has 0 saturated carbocycles. The molecule has 49 heavy (non-hydrogen) atoms. The Balaban J connectivity index is 1.20. The first-order valence-electron chi connectivity index (χ1n) is 17.2. The van der Waals surface area contributed by atoms with Crippen LogP contribution in [0.25, 0.3) is 16.6 Å². The summed E-state index contributed by atoms with van der Waals surface area (Å²) >= 11 is 0. The molecular formula is C40H47N3O5Si. The molecule has 6 rings (SSSR count). The van der Waals surface area contributed by atoms with Gasteiger partial charge in [0.15, 0.2) is 0 Å². The number of nitrogens with zero attached hydrogens (tertiary/aromatic N) is 2. The third-order valence-electron chi connectivity index (χ3n) is 10.4. The first-order valence-corrected chi connectivity index (χ1v) is 20.3. The molecule has 1 saturated heterocycles. The summed E-state index contributed by atoms with van der Waals surface area (Å²) in [6.45, 7) is 7.71. The van der Waals surface area contributed by atoms with Crippen LogP contribution in [0.2, 0.25) is 18.6 Å². The first-order chi connectivity index (χ1) is 23.7. The van der Waals surface area contributed by atoms with Crippen LogP contribution in [0.4, 0.5) is 0 Å². The lowest BCUT2D eigenvalue weighted by Gasteiger charge is -2.36. The Hall–Kier alpha value is -4.44. The van der Waals surface area contributed by atoms with Gasteiger partial charge in [-0.3, -0.25) is 14.7 Å². The van der Waals surface area contributed by atoms with Crippen LogP contribution >= 0.6 is 0 Å². The molecule has 0 radical (unpaired) electrons. The topological polar surface area (TPSA) is 96.8 Å². The number of aromatic amines is 1. The lowest BCUT2D eigenvalue weighted by Crippen LogP contribution is -2.51. The number of carbonyl (C=O) groups excluding carboxylic acids is 1. The standard InChI is InChI=1S/C40H47N3O5Si/c1-28-36(23-16-29-14-17-31(18-15-29)43-40(46)34-12-8-9-13-35(34)41-43)48-37(39(28)49(3,4)33-21-19-32(47-2)20-22-33)26-38(45)42(24-25-44)27-30-10-6-5-7-11-30/h5-15,17-22,28,36-37,39,41,44H,16,23-27H2,1-4H3/t28-,36+,37-,39+/m0/s1. The molecule has 9 heteroatoms. The second kappa shape index (κ2) is 15.0. The number of nitrogens with one attached hydrogen (secondary N) is 1. The van der Waals surface area contributed by atoms with E-state index in [-0.39, 0.29) is 54.7 Å². The summed E-state index contributed by atoms with van der Waals surface area (Å²) in [5, 5.41) is 15.0. The van der Waals surface area contributed by atoms with Gasteiger partial charge in [-0.2, -0.15) is 0 Å². The number of amides is 1. The molecule has 1 aliphatic heterocycles. The average Bonchev–Trinajstić information content (AvgIpc) is 3.63. The van der Waals surface area contributed by atoms with Crippen molar-refractivity contribution in [3.05, 3.63) is 125 Å². The highest BCUT2D eigenvalue weighted by molar-refractivity contribution is 6.91. The molecule has 0 spiro atoms. The number of aryl methyl sites for hydroxylation is 1. The molecular weight excluding hydrogens is 631 g/mol. The first kappa shape index (κ1) is 34.4. The zero-order valence-electron chi connectivity index (χ0n) is 28.8. The number of benzene rings is 4. The summed E-state index contributed by atoms with van der Waals surface area (Å²) in [4.78, 5) is 28.6. The van der Waals surface area contributed by atoms with E-state index in [1.54, 1.807) is 16.7 Å². The highest BCUT2D eigenvalue weighted by Gasteiger charge is 2.51. The van der Waals surface area contributed by atoms with Crippen LogP contribution in [0.15, 0.2) is 108 Å². The Bertz CT molecular complexity index is 1900. The summed E-state index contributed by atoms with van der Waals surface area (Å²) in [6.07, 6.45) is 1.68. The lowest BCUT2D eigenvalue weighted by atomic mass is 9.95. The lowest BCUT2D eigenvalue weighted by molar-refractivity contribution is -0.135. The summed E-state index contributed by atoms with van der Waals surface area (Å²) in [5.74, 6) is 1.07. The number of H-pyrrole nitrogens is 1. The van der Waals surface area contributed by atoms with E-state index in [1.165, 1.54) is 10.8 Å². The molecule has 1 aromatic heterocycles. The van der Waals surface area contributed by atoms with E-state index in [0.29, 0.717) is 11.9 Å². The second-order valence-electron chi connectivity index (χ2n) is 13.8. The van der Waals surface area contributed by atoms with Crippen LogP contribution in [0, 0.1) is 5.92 Å². The van der Waals surface area contributed by atoms with Gasteiger partial charge in [-0.05, 0) is 71.8 Å². The Morgan fingerprint density at radius 3 is 2.29 bits per heavy atom. The minimum Gasteiger partial charge on any atom is -0.497 e. The predicted octanol–water partition coefficient (Wildman–Crippen LogP) is 6.06. The van der Waals surface area contributed by atoms with Crippen molar-refractivity contribution in [2.24, 2.45) is 5.92 Å². The van der Waals surface area contributed by atoms with Crippen molar-refractivity contribution in [1.29, 1.82) is 0 Å². The molecule has 1 fully saturated rings. The van der Waals surface area contributed by atoms with E-state index < -0.39 is 8.07 Å². The number of hydrogen-bond donors (Lipinski definition) is 2. The number of ether oxygens (including phenoxy) is 2. The van der Waals surface area contributed by atoms with Gasteiger partial charge >= 0.3 is 0 Å². The molecule has 0 unspecified atom stereocenters. The van der Waals surface area contributed by atoms with E-state index in [4.69, 9.17) is 9.47 Å². The van der Waals surface area contributed by atoms with Gasteiger partial charge in [-0.1, -0.05) is 91.9 Å². The number of methoxy groups -OCH3 is 1. The van der Waals surface area contributed by atoms with Crippen molar-refractivity contribution < 1.29 is 19.4 Å². The Morgan fingerprint density at radius 1 is 0.918 bits per heavy atom. The van der Waals surface area contributed by atoms with Gasteiger partial charge in [-0.15, -0.1) is 0 Å². The number of carbonyl (C=O) groups is 1. The molecule has 5 aromatic rings. The Labute approximate surface area is 289 Å². The molecule has 1 amide bonds. The minimum atomic E-state index is -2.15. The molecule has 4 atom stereocenters. The van der Waals surface area contributed by atoms with Crippen LogP contribution in [-0.4, -0.2) is 66.2 Å².